The smallest absolute Gasteiger partial charge is 0.333 e. The molecule has 0 bridgehead atoms. The van der Waals surface area contributed by atoms with E-state index in [9.17, 15) is 18.0 Å². The fourth-order valence-corrected chi connectivity index (χ4v) is 3.93. The Bertz CT molecular complexity index is 777. The average molecular weight is 380 g/mol. The van der Waals surface area contributed by atoms with Gasteiger partial charge in [0.15, 0.2) is 0 Å². The highest BCUT2D eigenvalue weighted by atomic mass is 19.4. The molecule has 2 heterocycles. The van der Waals surface area contributed by atoms with Crippen molar-refractivity contribution < 1.29 is 18.0 Å². The number of alkyl halides is 3. The molecule has 2 unspecified atom stereocenters. The zero-order valence-corrected chi connectivity index (χ0v) is 15.4. The molecule has 8 heteroatoms. The van der Waals surface area contributed by atoms with Crippen LogP contribution in [0.4, 0.5) is 13.2 Å². The number of para-hydroxylation sites is 1. The Morgan fingerprint density at radius 3 is 2.22 bits per heavy atom. The lowest BCUT2D eigenvalue weighted by Gasteiger charge is -2.42. The highest BCUT2D eigenvalue weighted by molar-refractivity contribution is 5.98. The number of hydrogen-bond acceptors (Lipinski definition) is 3. The van der Waals surface area contributed by atoms with Crippen molar-refractivity contribution in [3.05, 3.63) is 41.7 Å². The summed E-state index contributed by atoms with van der Waals surface area (Å²) in [5, 5.41) is 7.72. The number of carbonyl (C=O) groups is 1. The fraction of sp³-hybridized carbons (Fsp3) is 0.526. The van der Waals surface area contributed by atoms with Crippen molar-refractivity contribution >= 4 is 5.91 Å². The summed E-state index contributed by atoms with van der Waals surface area (Å²) < 4.78 is 40.9. The highest BCUT2D eigenvalue weighted by Crippen LogP contribution is 2.37. The molecule has 1 aromatic heterocycles. The Morgan fingerprint density at radius 1 is 1.11 bits per heavy atom. The van der Waals surface area contributed by atoms with Gasteiger partial charge in [-0.25, -0.2) is 0 Å². The van der Waals surface area contributed by atoms with E-state index >= 15 is 0 Å². The van der Waals surface area contributed by atoms with E-state index in [1.54, 1.807) is 4.90 Å². The van der Waals surface area contributed by atoms with Crippen molar-refractivity contribution in [2.45, 2.75) is 64.2 Å². The minimum absolute atomic E-state index is 0.0141. The number of piperidine rings is 1. The van der Waals surface area contributed by atoms with Crippen LogP contribution < -0.4 is 0 Å². The predicted octanol–water partition coefficient (Wildman–Crippen LogP) is 4.47. The van der Waals surface area contributed by atoms with Gasteiger partial charge in [0.05, 0.1) is 23.5 Å². The van der Waals surface area contributed by atoms with E-state index in [1.165, 1.54) is 24.5 Å². The minimum Gasteiger partial charge on any atom is -0.333 e. The Hall–Kier alpha value is -2.38. The van der Waals surface area contributed by atoms with Gasteiger partial charge in [0.1, 0.15) is 5.69 Å². The second-order valence-electron chi connectivity index (χ2n) is 6.79. The number of likely N-dealkylation sites (tertiary alicyclic amines) is 1. The topological polar surface area (TPSA) is 51.0 Å². The number of halogens is 3. The summed E-state index contributed by atoms with van der Waals surface area (Å²) in [7, 11) is 0. The second kappa shape index (κ2) is 7.70. The van der Waals surface area contributed by atoms with E-state index in [0.29, 0.717) is 0 Å². The van der Waals surface area contributed by atoms with E-state index < -0.39 is 11.7 Å². The SMILES string of the molecule is CCC1CCCC(CC)N1C(=O)c1cccc(C(F)(F)F)c1-n1nccn1. The molecule has 2 atom stereocenters. The molecule has 1 aliphatic rings. The average Bonchev–Trinajstić information content (AvgIpc) is 3.19. The van der Waals surface area contributed by atoms with Gasteiger partial charge >= 0.3 is 6.18 Å². The van der Waals surface area contributed by atoms with Gasteiger partial charge in [-0.05, 0) is 44.2 Å². The molecule has 0 radical (unpaired) electrons. The zero-order chi connectivity index (χ0) is 19.6. The number of hydrogen-bond donors (Lipinski definition) is 0. The van der Waals surface area contributed by atoms with E-state index in [0.717, 1.165) is 43.0 Å². The number of amides is 1. The van der Waals surface area contributed by atoms with Gasteiger partial charge in [0.2, 0.25) is 0 Å². The van der Waals surface area contributed by atoms with Gasteiger partial charge < -0.3 is 4.90 Å². The van der Waals surface area contributed by atoms with E-state index in [2.05, 4.69) is 10.2 Å². The lowest BCUT2D eigenvalue weighted by Crippen LogP contribution is -2.50. The molecule has 5 nitrogen and oxygen atoms in total. The maximum atomic E-state index is 13.6. The van der Waals surface area contributed by atoms with Gasteiger partial charge in [-0.2, -0.15) is 28.2 Å². The van der Waals surface area contributed by atoms with Crippen molar-refractivity contribution in [3.63, 3.8) is 0 Å². The molecule has 146 valence electrons. The Labute approximate surface area is 156 Å². The molecule has 3 rings (SSSR count). The van der Waals surface area contributed by atoms with Gasteiger partial charge in [0, 0.05) is 12.1 Å². The summed E-state index contributed by atoms with van der Waals surface area (Å²) in [5.41, 5.74) is -1.24. The second-order valence-corrected chi connectivity index (χ2v) is 6.79. The first-order chi connectivity index (χ1) is 12.9. The molecule has 1 fully saturated rings. The van der Waals surface area contributed by atoms with Crippen molar-refractivity contribution in [2.24, 2.45) is 0 Å². The number of benzene rings is 1. The molecule has 1 aromatic carbocycles. The molecule has 27 heavy (non-hydrogen) atoms. The van der Waals surface area contributed by atoms with Crippen LogP contribution in [0.15, 0.2) is 30.6 Å². The first kappa shape index (κ1) is 19.4. The first-order valence-corrected chi connectivity index (χ1v) is 9.28. The molecule has 0 N–H and O–H groups in total. The molecular formula is C19H23F3N4O. The normalized spacial score (nSPS) is 20.7. The zero-order valence-electron chi connectivity index (χ0n) is 15.4. The summed E-state index contributed by atoms with van der Waals surface area (Å²) in [4.78, 5) is 16.1. The van der Waals surface area contributed by atoms with Gasteiger partial charge in [-0.3, -0.25) is 4.79 Å². The van der Waals surface area contributed by atoms with Crippen molar-refractivity contribution in [1.82, 2.24) is 19.9 Å². The third-order valence-corrected chi connectivity index (χ3v) is 5.23. The molecular weight excluding hydrogens is 357 g/mol. The van der Waals surface area contributed by atoms with Crippen molar-refractivity contribution in [1.29, 1.82) is 0 Å². The van der Waals surface area contributed by atoms with Crippen LogP contribution >= 0.6 is 0 Å². The summed E-state index contributed by atoms with van der Waals surface area (Å²) in [6, 6.07) is 3.73. The molecule has 2 aromatic rings. The lowest BCUT2D eigenvalue weighted by atomic mass is 9.91. The standard InChI is InChI=1S/C19H23F3N4O/c1-3-13-7-5-8-14(4-2)25(13)18(27)15-9-6-10-16(19(20,21)22)17(15)26-23-11-12-24-26/h6,9-14H,3-5,7-8H2,1-2H3. The Morgan fingerprint density at radius 2 is 1.70 bits per heavy atom. The molecule has 1 saturated heterocycles. The highest BCUT2D eigenvalue weighted by Gasteiger charge is 2.39. The lowest BCUT2D eigenvalue weighted by molar-refractivity contribution is -0.137. The van der Waals surface area contributed by atoms with Crippen LogP contribution in [0.2, 0.25) is 0 Å². The third-order valence-electron chi connectivity index (χ3n) is 5.23. The maximum absolute atomic E-state index is 13.6. The van der Waals surface area contributed by atoms with E-state index in [4.69, 9.17) is 0 Å². The molecule has 0 spiro atoms. The van der Waals surface area contributed by atoms with Crippen LogP contribution in [0.3, 0.4) is 0 Å². The third kappa shape index (κ3) is 3.70. The van der Waals surface area contributed by atoms with E-state index in [1.807, 2.05) is 13.8 Å². The first-order valence-electron chi connectivity index (χ1n) is 9.28. The van der Waals surface area contributed by atoms with Crippen molar-refractivity contribution in [2.75, 3.05) is 0 Å². The number of carbonyl (C=O) groups excluding carboxylic acids is 1. The molecule has 0 aliphatic carbocycles. The molecule has 0 saturated carbocycles. The minimum atomic E-state index is -4.62. The summed E-state index contributed by atoms with van der Waals surface area (Å²) >= 11 is 0. The number of aromatic nitrogens is 3. The largest absolute Gasteiger partial charge is 0.418 e. The van der Waals surface area contributed by atoms with Gasteiger partial charge in [-0.15, -0.1) is 0 Å². The number of rotatable bonds is 4. The molecule has 1 amide bonds. The summed E-state index contributed by atoms with van der Waals surface area (Å²) in [6.45, 7) is 4.01. The van der Waals surface area contributed by atoms with Gasteiger partial charge in [0.25, 0.3) is 5.91 Å². The van der Waals surface area contributed by atoms with Gasteiger partial charge in [-0.1, -0.05) is 19.9 Å². The Kier molecular flexibility index (Phi) is 5.53. The van der Waals surface area contributed by atoms with Crippen molar-refractivity contribution in [3.8, 4) is 5.69 Å². The van der Waals surface area contributed by atoms with Crippen LogP contribution in [0, 0.1) is 0 Å². The Balaban J connectivity index is 2.14. The van der Waals surface area contributed by atoms with Crippen LogP contribution in [-0.2, 0) is 6.18 Å². The van der Waals surface area contributed by atoms with Crippen LogP contribution in [0.1, 0.15) is 61.9 Å². The van der Waals surface area contributed by atoms with Crippen LogP contribution in [-0.4, -0.2) is 37.9 Å². The van der Waals surface area contributed by atoms with E-state index in [-0.39, 0.29) is 29.2 Å². The fourth-order valence-electron chi connectivity index (χ4n) is 3.93. The summed E-state index contributed by atoms with van der Waals surface area (Å²) in [6.07, 6.45) is 2.29. The number of nitrogens with zero attached hydrogens (tertiary/aromatic N) is 4. The van der Waals surface area contributed by atoms with Crippen LogP contribution in [0.25, 0.3) is 5.69 Å². The predicted molar refractivity (Wildman–Crippen MR) is 94.5 cm³/mol. The summed E-state index contributed by atoms with van der Waals surface area (Å²) in [5.74, 6) is -0.383. The molecule has 1 aliphatic heterocycles. The maximum Gasteiger partial charge on any atom is 0.418 e. The monoisotopic (exact) mass is 380 g/mol. The quantitative estimate of drug-likeness (QED) is 0.786. The van der Waals surface area contributed by atoms with Crippen LogP contribution in [0.5, 0.6) is 0 Å².